The van der Waals surface area contributed by atoms with Crippen LogP contribution in [0.1, 0.15) is 4.88 Å². The highest BCUT2D eigenvalue weighted by molar-refractivity contribution is 7.09. The molecule has 1 aliphatic heterocycles. The zero-order valence-corrected chi connectivity index (χ0v) is 13.7. The molecular weight excluding hydrogens is 246 g/mol. The van der Waals surface area contributed by atoms with Gasteiger partial charge >= 0.3 is 0 Å². The lowest BCUT2D eigenvalue weighted by molar-refractivity contribution is 0.626. The molecule has 1 nitrogen and oxygen atoms in total. The second-order valence-electron chi connectivity index (χ2n) is 6.11. The summed E-state index contributed by atoms with van der Waals surface area (Å²) < 4.78 is 2.97. The first-order valence-electron chi connectivity index (χ1n) is 6.22. The Labute approximate surface area is 106 Å². The van der Waals surface area contributed by atoms with E-state index >= 15 is 0 Å². The minimum absolute atomic E-state index is 1.04. The average molecular weight is 270 g/mol. The van der Waals surface area contributed by atoms with Crippen LogP contribution in [-0.2, 0) is 6.42 Å². The van der Waals surface area contributed by atoms with E-state index in [0.29, 0.717) is 0 Å². The van der Waals surface area contributed by atoms with E-state index in [-0.39, 0.29) is 0 Å². The lowest BCUT2D eigenvalue weighted by Crippen LogP contribution is -2.55. The van der Waals surface area contributed by atoms with Gasteiger partial charge in [-0.25, -0.2) is 0 Å². The molecule has 90 valence electrons. The molecule has 2 heterocycles. The van der Waals surface area contributed by atoms with Crippen LogP contribution in [0.3, 0.4) is 0 Å². The van der Waals surface area contributed by atoms with E-state index in [0.717, 1.165) is 0 Å². The van der Waals surface area contributed by atoms with E-state index in [2.05, 4.69) is 47.9 Å². The molecule has 0 saturated carbocycles. The SMILES string of the molecule is C[Si]1(C)CC[Si](C)(C)N1CCc1cccs1. The van der Waals surface area contributed by atoms with E-state index in [1.54, 1.807) is 4.88 Å². The molecule has 0 aromatic carbocycles. The molecule has 0 unspecified atom stereocenters. The van der Waals surface area contributed by atoms with Gasteiger partial charge in [0.15, 0.2) is 0 Å². The lowest BCUT2D eigenvalue weighted by atomic mass is 10.3. The summed E-state index contributed by atoms with van der Waals surface area (Å²) in [5, 5.41) is 2.20. The predicted octanol–water partition coefficient (Wildman–Crippen LogP) is 4.02. The summed E-state index contributed by atoms with van der Waals surface area (Å²) in [5.74, 6) is 0. The third kappa shape index (κ3) is 2.50. The number of rotatable bonds is 3. The maximum Gasteiger partial charge on any atom is 0.115 e. The van der Waals surface area contributed by atoms with Crippen LogP contribution in [0, 0.1) is 0 Å². The fourth-order valence-corrected chi connectivity index (χ4v) is 17.8. The van der Waals surface area contributed by atoms with E-state index in [1.165, 1.54) is 25.1 Å². The van der Waals surface area contributed by atoms with Crippen molar-refractivity contribution in [2.75, 3.05) is 6.54 Å². The molecule has 16 heavy (non-hydrogen) atoms. The molecule has 0 atom stereocenters. The van der Waals surface area contributed by atoms with Crippen molar-refractivity contribution in [3.63, 3.8) is 0 Å². The van der Waals surface area contributed by atoms with Crippen molar-refractivity contribution in [2.24, 2.45) is 0 Å². The van der Waals surface area contributed by atoms with Gasteiger partial charge in [0, 0.05) is 4.88 Å². The Morgan fingerprint density at radius 3 is 2.31 bits per heavy atom. The highest BCUT2D eigenvalue weighted by Gasteiger charge is 2.46. The normalized spacial score (nSPS) is 23.8. The van der Waals surface area contributed by atoms with Gasteiger partial charge in [-0.3, -0.25) is 0 Å². The fraction of sp³-hybridized carbons (Fsp3) is 0.667. The predicted molar refractivity (Wildman–Crippen MR) is 79.3 cm³/mol. The van der Waals surface area contributed by atoms with Crippen molar-refractivity contribution in [2.45, 2.75) is 44.7 Å². The molecule has 0 N–H and O–H groups in total. The number of hydrogen-bond acceptors (Lipinski definition) is 2. The second kappa shape index (κ2) is 4.40. The van der Waals surface area contributed by atoms with Gasteiger partial charge in [0.05, 0.1) is 0 Å². The van der Waals surface area contributed by atoms with E-state index in [9.17, 15) is 0 Å². The topological polar surface area (TPSA) is 3.24 Å². The van der Waals surface area contributed by atoms with Gasteiger partial charge in [-0.1, -0.05) is 32.3 Å². The van der Waals surface area contributed by atoms with E-state index in [4.69, 9.17) is 0 Å². The molecule has 1 saturated heterocycles. The van der Waals surface area contributed by atoms with Crippen LogP contribution in [0.4, 0.5) is 0 Å². The average Bonchev–Trinajstić information content (AvgIpc) is 2.73. The monoisotopic (exact) mass is 269 g/mol. The maximum absolute atomic E-state index is 2.97. The Morgan fingerprint density at radius 1 is 1.19 bits per heavy atom. The standard InChI is InChI=1S/C12H23NSSi2/c1-15(2)10-11-16(3,4)13(15)8-7-12-6-5-9-14-12/h5-6,9H,7-8,10-11H2,1-4H3. The first kappa shape index (κ1) is 12.5. The molecule has 1 fully saturated rings. The Bertz CT molecular complexity index is 330. The van der Waals surface area contributed by atoms with Crippen molar-refractivity contribution in [3.05, 3.63) is 22.4 Å². The maximum atomic E-state index is 2.97. The van der Waals surface area contributed by atoms with Crippen molar-refractivity contribution in [3.8, 4) is 0 Å². The highest BCUT2D eigenvalue weighted by Crippen LogP contribution is 2.36. The second-order valence-corrected chi connectivity index (χ2v) is 16.9. The lowest BCUT2D eigenvalue weighted by Gasteiger charge is -2.38. The van der Waals surface area contributed by atoms with Gasteiger partial charge in [0.25, 0.3) is 0 Å². The summed E-state index contributed by atoms with van der Waals surface area (Å²) in [4.78, 5) is 1.56. The Hall–Kier alpha value is 0.0938. The summed E-state index contributed by atoms with van der Waals surface area (Å²) in [6.45, 7) is 11.6. The largest absolute Gasteiger partial charge is 0.345 e. The van der Waals surface area contributed by atoms with Gasteiger partial charge < -0.3 is 4.23 Å². The van der Waals surface area contributed by atoms with Gasteiger partial charge in [-0.05, 0) is 36.5 Å². The Balaban J connectivity index is 2.02. The molecule has 1 aliphatic rings. The zero-order chi connectivity index (χ0) is 11.8. The third-order valence-electron chi connectivity index (χ3n) is 3.97. The van der Waals surface area contributed by atoms with Crippen molar-refractivity contribution < 1.29 is 0 Å². The van der Waals surface area contributed by atoms with E-state index in [1.807, 2.05) is 11.3 Å². The Morgan fingerprint density at radius 2 is 1.81 bits per heavy atom. The molecule has 0 amide bonds. The Kier molecular flexibility index (Phi) is 3.45. The summed E-state index contributed by atoms with van der Waals surface area (Å²) >= 11 is 1.91. The minimum atomic E-state index is -1.04. The number of nitrogens with zero attached hydrogens (tertiary/aromatic N) is 1. The molecule has 0 aliphatic carbocycles. The molecule has 0 radical (unpaired) electrons. The van der Waals surface area contributed by atoms with Crippen molar-refractivity contribution in [1.29, 1.82) is 0 Å². The van der Waals surface area contributed by atoms with Crippen LogP contribution in [0.25, 0.3) is 0 Å². The van der Waals surface area contributed by atoms with Crippen molar-refractivity contribution >= 4 is 27.8 Å². The third-order valence-corrected chi connectivity index (χ3v) is 15.4. The molecule has 1 aromatic heterocycles. The molecule has 0 spiro atoms. The molecular formula is C12H23NSSi2. The fourth-order valence-electron chi connectivity index (χ4n) is 2.98. The van der Waals surface area contributed by atoms with Crippen LogP contribution in [0.2, 0.25) is 38.3 Å². The number of thiophene rings is 1. The summed E-state index contributed by atoms with van der Waals surface area (Å²) in [6.07, 6.45) is 1.27. The van der Waals surface area contributed by atoms with Gasteiger partial charge in [-0.15, -0.1) is 11.3 Å². The first-order chi connectivity index (χ1) is 7.42. The summed E-state index contributed by atoms with van der Waals surface area (Å²) in [5.41, 5.74) is 0. The van der Waals surface area contributed by atoms with Crippen LogP contribution >= 0.6 is 11.3 Å². The van der Waals surface area contributed by atoms with Crippen LogP contribution in [0.5, 0.6) is 0 Å². The van der Waals surface area contributed by atoms with Gasteiger partial charge in [0.2, 0.25) is 0 Å². The van der Waals surface area contributed by atoms with E-state index < -0.39 is 16.5 Å². The molecule has 4 heteroatoms. The van der Waals surface area contributed by atoms with Crippen LogP contribution < -0.4 is 0 Å². The molecule has 1 aromatic rings. The summed E-state index contributed by atoms with van der Waals surface area (Å²) in [7, 11) is -2.08. The minimum Gasteiger partial charge on any atom is -0.345 e. The van der Waals surface area contributed by atoms with Gasteiger partial charge in [-0.2, -0.15) is 0 Å². The quantitative estimate of drug-likeness (QED) is 0.749. The molecule has 2 rings (SSSR count). The highest BCUT2D eigenvalue weighted by atomic mass is 32.1. The summed E-state index contributed by atoms with van der Waals surface area (Å²) in [6, 6.07) is 7.51. The zero-order valence-electron chi connectivity index (χ0n) is 10.9. The number of hydrogen-bond donors (Lipinski definition) is 0. The van der Waals surface area contributed by atoms with Gasteiger partial charge in [0.1, 0.15) is 16.5 Å². The van der Waals surface area contributed by atoms with Crippen LogP contribution in [-0.4, -0.2) is 27.2 Å². The van der Waals surface area contributed by atoms with Crippen molar-refractivity contribution in [1.82, 2.24) is 4.23 Å². The molecule has 0 bridgehead atoms. The first-order valence-corrected chi connectivity index (χ1v) is 13.4. The smallest absolute Gasteiger partial charge is 0.115 e. The van der Waals surface area contributed by atoms with Crippen LogP contribution in [0.15, 0.2) is 17.5 Å².